The molecule has 1 aromatic carbocycles. The molecule has 0 saturated heterocycles. The largest absolute Gasteiger partial charge is 0.481 e. The van der Waals surface area contributed by atoms with Gasteiger partial charge in [-0.25, -0.2) is 0 Å². The van der Waals surface area contributed by atoms with Gasteiger partial charge in [-0.05, 0) is 55.7 Å². The van der Waals surface area contributed by atoms with Gasteiger partial charge in [-0.3, -0.25) is 9.78 Å². The molecule has 5 heteroatoms. The Labute approximate surface area is 148 Å². The summed E-state index contributed by atoms with van der Waals surface area (Å²) in [7, 11) is 0. The van der Waals surface area contributed by atoms with Crippen LogP contribution in [0, 0.1) is 12.8 Å². The minimum absolute atomic E-state index is 0.157. The van der Waals surface area contributed by atoms with Crippen LogP contribution in [0.2, 0.25) is 5.02 Å². The smallest absolute Gasteiger partial charge is 0.261 e. The Morgan fingerprint density at radius 3 is 2.42 bits per heavy atom. The summed E-state index contributed by atoms with van der Waals surface area (Å²) >= 11 is 5.86. The summed E-state index contributed by atoms with van der Waals surface area (Å²) in [6, 6.07) is 10.7. The Hall–Kier alpha value is -2.07. The SMILES string of the molecule is Cc1cccnc1C(NC(=O)C(C)Oc1ccc(Cl)cc1)C(C)C. The van der Waals surface area contributed by atoms with E-state index < -0.39 is 6.10 Å². The van der Waals surface area contributed by atoms with Crippen LogP contribution in [0.1, 0.15) is 38.1 Å². The summed E-state index contributed by atoms with van der Waals surface area (Å²) in [5, 5.41) is 3.68. The van der Waals surface area contributed by atoms with Gasteiger partial charge < -0.3 is 10.1 Å². The molecule has 0 fully saturated rings. The van der Waals surface area contributed by atoms with Crippen molar-refractivity contribution in [3.63, 3.8) is 0 Å². The highest BCUT2D eigenvalue weighted by Crippen LogP contribution is 2.23. The molecule has 4 nitrogen and oxygen atoms in total. The van der Waals surface area contributed by atoms with E-state index in [1.165, 1.54) is 0 Å². The molecule has 0 radical (unpaired) electrons. The van der Waals surface area contributed by atoms with Crippen molar-refractivity contribution in [2.24, 2.45) is 5.92 Å². The molecule has 24 heavy (non-hydrogen) atoms. The summed E-state index contributed by atoms with van der Waals surface area (Å²) < 4.78 is 5.69. The molecule has 1 N–H and O–H groups in total. The number of benzene rings is 1. The average molecular weight is 347 g/mol. The van der Waals surface area contributed by atoms with Crippen molar-refractivity contribution in [1.29, 1.82) is 0 Å². The maximum absolute atomic E-state index is 12.5. The van der Waals surface area contributed by atoms with Crippen molar-refractivity contribution in [3.8, 4) is 5.75 Å². The zero-order chi connectivity index (χ0) is 17.7. The number of hydrogen-bond acceptors (Lipinski definition) is 3. The van der Waals surface area contributed by atoms with E-state index in [0.717, 1.165) is 11.3 Å². The van der Waals surface area contributed by atoms with Crippen molar-refractivity contribution < 1.29 is 9.53 Å². The molecule has 0 aliphatic carbocycles. The molecular weight excluding hydrogens is 324 g/mol. The highest BCUT2D eigenvalue weighted by Gasteiger charge is 2.24. The summed E-state index contributed by atoms with van der Waals surface area (Å²) in [6.45, 7) is 7.84. The first kappa shape index (κ1) is 18.3. The quantitative estimate of drug-likeness (QED) is 0.847. The lowest BCUT2D eigenvalue weighted by molar-refractivity contribution is -0.128. The number of carbonyl (C=O) groups is 1. The number of carbonyl (C=O) groups excluding carboxylic acids is 1. The van der Waals surface area contributed by atoms with Crippen LogP contribution in [0.15, 0.2) is 42.6 Å². The first-order valence-electron chi connectivity index (χ1n) is 8.02. The van der Waals surface area contributed by atoms with Crippen molar-refractivity contribution in [3.05, 3.63) is 58.9 Å². The number of ether oxygens (including phenoxy) is 1. The molecule has 2 unspecified atom stereocenters. The number of halogens is 1. The third kappa shape index (κ3) is 4.71. The highest BCUT2D eigenvalue weighted by molar-refractivity contribution is 6.30. The second-order valence-corrected chi connectivity index (χ2v) is 6.59. The highest BCUT2D eigenvalue weighted by atomic mass is 35.5. The summed E-state index contributed by atoms with van der Waals surface area (Å²) in [4.78, 5) is 17.0. The fraction of sp³-hybridized carbons (Fsp3) is 0.368. The topological polar surface area (TPSA) is 51.2 Å². The van der Waals surface area contributed by atoms with Crippen LogP contribution in [0.25, 0.3) is 0 Å². The Bertz CT molecular complexity index is 686. The second-order valence-electron chi connectivity index (χ2n) is 6.15. The molecule has 2 aromatic rings. The third-order valence-corrected chi connectivity index (χ3v) is 4.06. The van der Waals surface area contributed by atoms with Crippen molar-refractivity contribution in [2.75, 3.05) is 0 Å². The van der Waals surface area contributed by atoms with Crippen LogP contribution in [0.5, 0.6) is 5.75 Å². The lowest BCUT2D eigenvalue weighted by Gasteiger charge is -2.25. The molecule has 2 atom stereocenters. The lowest BCUT2D eigenvalue weighted by atomic mass is 9.97. The molecule has 128 valence electrons. The van der Waals surface area contributed by atoms with Gasteiger partial charge in [-0.1, -0.05) is 31.5 Å². The number of pyridine rings is 1. The number of aryl methyl sites for hydroxylation is 1. The van der Waals surface area contributed by atoms with Gasteiger partial charge in [-0.2, -0.15) is 0 Å². The molecule has 0 aliphatic rings. The minimum atomic E-state index is -0.614. The minimum Gasteiger partial charge on any atom is -0.481 e. The van der Waals surface area contributed by atoms with E-state index in [4.69, 9.17) is 16.3 Å². The fourth-order valence-corrected chi connectivity index (χ4v) is 2.54. The normalized spacial score (nSPS) is 13.4. The third-order valence-electron chi connectivity index (χ3n) is 3.80. The van der Waals surface area contributed by atoms with Gasteiger partial charge >= 0.3 is 0 Å². The Morgan fingerprint density at radius 2 is 1.83 bits per heavy atom. The molecule has 0 aliphatic heterocycles. The average Bonchev–Trinajstić information content (AvgIpc) is 2.55. The molecule has 1 aromatic heterocycles. The summed E-state index contributed by atoms with van der Waals surface area (Å²) in [6.07, 6.45) is 1.13. The molecule has 0 saturated carbocycles. The van der Waals surface area contributed by atoms with Crippen molar-refractivity contribution in [2.45, 2.75) is 39.8 Å². The predicted molar refractivity (Wildman–Crippen MR) is 96.2 cm³/mol. The number of nitrogens with one attached hydrogen (secondary N) is 1. The summed E-state index contributed by atoms with van der Waals surface area (Å²) in [5.74, 6) is 0.649. The van der Waals surface area contributed by atoms with E-state index in [2.05, 4.69) is 24.1 Å². The van der Waals surface area contributed by atoms with E-state index in [9.17, 15) is 4.79 Å². The number of rotatable bonds is 6. The summed E-state index contributed by atoms with van der Waals surface area (Å²) in [5.41, 5.74) is 1.95. The van der Waals surface area contributed by atoms with E-state index in [-0.39, 0.29) is 17.9 Å². The lowest BCUT2D eigenvalue weighted by Crippen LogP contribution is -2.40. The number of hydrogen-bond donors (Lipinski definition) is 1. The van der Waals surface area contributed by atoms with E-state index in [1.54, 1.807) is 37.4 Å². The van der Waals surface area contributed by atoms with Gasteiger partial charge in [0.05, 0.1) is 11.7 Å². The molecule has 2 rings (SSSR count). The monoisotopic (exact) mass is 346 g/mol. The zero-order valence-electron chi connectivity index (χ0n) is 14.4. The standard InChI is InChI=1S/C19H23ClN2O2/c1-12(2)17(18-13(3)6-5-11-21-18)22-19(23)14(4)24-16-9-7-15(20)8-10-16/h5-12,14,17H,1-4H3,(H,22,23). The van der Waals surface area contributed by atoms with Crippen LogP contribution in [0.4, 0.5) is 0 Å². The number of aromatic nitrogens is 1. The molecule has 0 bridgehead atoms. The van der Waals surface area contributed by atoms with Crippen LogP contribution in [-0.4, -0.2) is 17.0 Å². The maximum Gasteiger partial charge on any atom is 0.261 e. The Kier molecular flexibility index (Phi) is 6.21. The van der Waals surface area contributed by atoms with Crippen LogP contribution >= 0.6 is 11.6 Å². The van der Waals surface area contributed by atoms with Gasteiger partial charge in [0.2, 0.25) is 0 Å². The predicted octanol–water partition coefficient (Wildman–Crippen LogP) is 4.32. The van der Waals surface area contributed by atoms with Gasteiger partial charge in [0.1, 0.15) is 5.75 Å². The van der Waals surface area contributed by atoms with Crippen LogP contribution in [-0.2, 0) is 4.79 Å². The second kappa shape index (κ2) is 8.15. The first-order valence-corrected chi connectivity index (χ1v) is 8.40. The van der Waals surface area contributed by atoms with E-state index in [1.807, 2.05) is 19.1 Å². The fourth-order valence-electron chi connectivity index (χ4n) is 2.42. The van der Waals surface area contributed by atoms with E-state index in [0.29, 0.717) is 10.8 Å². The van der Waals surface area contributed by atoms with Gasteiger partial charge in [0.25, 0.3) is 5.91 Å². The molecule has 1 amide bonds. The molecule has 1 heterocycles. The Balaban J connectivity index is 2.07. The van der Waals surface area contributed by atoms with Crippen molar-refractivity contribution >= 4 is 17.5 Å². The number of amides is 1. The zero-order valence-corrected chi connectivity index (χ0v) is 15.2. The van der Waals surface area contributed by atoms with Crippen LogP contribution < -0.4 is 10.1 Å². The van der Waals surface area contributed by atoms with Gasteiger partial charge in [0.15, 0.2) is 6.10 Å². The Morgan fingerprint density at radius 1 is 1.17 bits per heavy atom. The van der Waals surface area contributed by atoms with Crippen LogP contribution in [0.3, 0.4) is 0 Å². The maximum atomic E-state index is 12.5. The van der Waals surface area contributed by atoms with E-state index >= 15 is 0 Å². The number of nitrogens with zero attached hydrogens (tertiary/aromatic N) is 1. The molecule has 0 spiro atoms. The molecular formula is C19H23ClN2O2. The van der Waals surface area contributed by atoms with Gasteiger partial charge in [-0.15, -0.1) is 0 Å². The van der Waals surface area contributed by atoms with Gasteiger partial charge in [0, 0.05) is 11.2 Å². The van der Waals surface area contributed by atoms with Crippen molar-refractivity contribution in [1.82, 2.24) is 10.3 Å². The first-order chi connectivity index (χ1) is 11.4.